The standard InChI is InChI=1S/C26H44O4/c1-5-17-21-14-16(27)10-12-26(21,4)20-11-13-25(3)18(15(2)6-9-22(28)29)7-8-19(25)23(20)24(17)30/h15-21,23-24,27,30H,5-14H2,1-4H3,(H,28,29)/t15-,16+,17-,18-,19?,20?,21+,23?,24-,25-,26-/m1/s1/i10D2,14D2,16D. The predicted molar refractivity (Wildman–Crippen MR) is 118 cm³/mol. The van der Waals surface area contributed by atoms with Crippen molar-refractivity contribution < 1.29 is 27.0 Å². The highest BCUT2D eigenvalue weighted by Crippen LogP contribution is 2.69. The molecule has 172 valence electrons. The highest BCUT2D eigenvalue weighted by molar-refractivity contribution is 5.66. The van der Waals surface area contributed by atoms with Gasteiger partial charge >= 0.3 is 5.97 Å². The minimum Gasteiger partial charge on any atom is -0.481 e. The second kappa shape index (κ2) is 8.06. The van der Waals surface area contributed by atoms with Crippen LogP contribution in [0.15, 0.2) is 0 Å². The number of rotatable bonds is 5. The minimum atomic E-state index is -2.88. The van der Waals surface area contributed by atoms with Crippen molar-refractivity contribution in [2.24, 2.45) is 52.3 Å². The second-order valence-corrected chi connectivity index (χ2v) is 11.3. The maximum Gasteiger partial charge on any atom is 0.303 e. The summed E-state index contributed by atoms with van der Waals surface area (Å²) in [6, 6.07) is 0. The van der Waals surface area contributed by atoms with E-state index in [-0.39, 0.29) is 41.9 Å². The number of carboxylic acid groups (broad SMARTS) is 1. The van der Waals surface area contributed by atoms with Gasteiger partial charge in [-0.05, 0) is 104 Å². The molecule has 4 saturated carbocycles. The van der Waals surface area contributed by atoms with Crippen molar-refractivity contribution >= 4 is 5.97 Å². The van der Waals surface area contributed by atoms with E-state index < -0.39 is 48.1 Å². The van der Waals surface area contributed by atoms with Crippen LogP contribution in [-0.2, 0) is 4.79 Å². The second-order valence-electron chi connectivity index (χ2n) is 11.3. The third-order valence-corrected chi connectivity index (χ3v) is 10.1. The van der Waals surface area contributed by atoms with Gasteiger partial charge in [-0.25, -0.2) is 0 Å². The van der Waals surface area contributed by atoms with Crippen molar-refractivity contribution in [3.63, 3.8) is 0 Å². The van der Waals surface area contributed by atoms with Gasteiger partial charge in [0.1, 0.15) is 0 Å². The molecule has 4 heteroatoms. The molecular weight excluding hydrogens is 376 g/mol. The summed E-state index contributed by atoms with van der Waals surface area (Å²) >= 11 is 0. The van der Waals surface area contributed by atoms with E-state index in [9.17, 15) is 20.1 Å². The number of aliphatic hydroxyl groups is 2. The molecule has 0 amide bonds. The zero-order valence-corrected chi connectivity index (χ0v) is 19.0. The Morgan fingerprint density at radius 1 is 1.13 bits per heavy atom. The average molecular weight is 426 g/mol. The molecule has 0 aromatic rings. The van der Waals surface area contributed by atoms with Gasteiger partial charge in [0.15, 0.2) is 0 Å². The van der Waals surface area contributed by atoms with E-state index in [2.05, 4.69) is 13.8 Å². The van der Waals surface area contributed by atoms with Crippen LogP contribution in [0, 0.1) is 52.3 Å². The van der Waals surface area contributed by atoms with Crippen LogP contribution in [-0.4, -0.2) is 33.5 Å². The van der Waals surface area contributed by atoms with E-state index in [0.29, 0.717) is 18.8 Å². The third-order valence-electron chi connectivity index (χ3n) is 10.1. The fourth-order valence-corrected chi connectivity index (χ4v) is 8.63. The molecule has 4 aliphatic rings. The van der Waals surface area contributed by atoms with Crippen molar-refractivity contribution in [3.8, 4) is 0 Å². The van der Waals surface area contributed by atoms with E-state index in [1.54, 1.807) is 0 Å². The molecule has 3 unspecified atom stereocenters. The quantitative estimate of drug-likeness (QED) is 0.572. The summed E-state index contributed by atoms with van der Waals surface area (Å²) in [5.74, 6) is -1.36. The van der Waals surface area contributed by atoms with Crippen LogP contribution < -0.4 is 0 Å². The molecular formula is C26H44O4. The lowest BCUT2D eigenvalue weighted by Gasteiger charge is -2.64. The zero-order chi connectivity index (χ0) is 26.4. The number of hydrogen-bond acceptors (Lipinski definition) is 3. The van der Waals surface area contributed by atoms with Crippen LogP contribution >= 0.6 is 0 Å². The number of carboxylic acids is 1. The summed E-state index contributed by atoms with van der Waals surface area (Å²) in [6.45, 7) is 8.33. The highest BCUT2D eigenvalue weighted by atomic mass is 16.4. The average Bonchev–Trinajstić information content (AvgIpc) is 3.09. The maximum atomic E-state index is 11.8. The molecule has 30 heavy (non-hydrogen) atoms. The van der Waals surface area contributed by atoms with Crippen LogP contribution in [0.25, 0.3) is 0 Å². The molecule has 0 aromatic carbocycles. The Hall–Kier alpha value is -0.610. The summed E-state index contributed by atoms with van der Waals surface area (Å²) < 4.78 is 43.2. The van der Waals surface area contributed by atoms with Gasteiger partial charge in [0.2, 0.25) is 0 Å². The first-order valence-electron chi connectivity index (χ1n) is 14.6. The number of aliphatic carboxylic acids is 1. The van der Waals surface area contributed by atoms with Crippen molar-refractivity contribution in [2.75, 3.05) is 0 Å². The lowest BCUT2D eigenvalue weighted by molar-refractivity contribution is -0.203. The molecule has 11 atom stereocenters. The van der Waals surface area contributed by atoms with E-state index in [1.807, 2.05) is 13.8 Å². The Kier molecular flexibility index (Phi) is 4.56. The van der Waals surface area contributed by atoms with Crippen LogP contribution in [0.5, 0.6) is 0 Å². The molecule has 4 nitrogen and oxygen atoms in total. The van der Waals surface area contributed by atoms with Crippen molar-refractivity contribution in [2.45, 2.75) is 104 Å². The molecule has 4 fully saturated rings. The summed E-state index contributed by atoms with van der Waals surface area (Å²) in [5.41, 5.74) is -0.816. The summed E-state index contributed by atoms with van der Waals surface area (Å²) in [4.78, 5) is 11.2. The molecule has 4 aliphatic carbocycles. The SMILES string of the molecule is [2H]C1([2H])C[C@]2(C)C3CC[C@@]4(C)C(CC[C@@H]4[C@H](C)CCC(=O)O)C3[C@H](O)[C@H](CC)[C@@H]2C([2H])([2H])[C@@]1([2H])O. The van der Waals surface area contributed by atoms with E-state index in [4.69, 9.17) is 6.85 Å². The Balaban J connectivity index is 1.73. The number of aliphatic hydroxyl groups excluding tert-OH is 1. The first-order valence-corrected chi connectivity index (χ1v) is 12.1. The summed E-state index contributed by atoms with van der Waals surface area (Å²) in [7, 11) is 0. The van der Waals surface area contributed by atoms with E-state index in [1.165, 1.54) is 0 Å². The van der Waals surface area contributed by atoms with E-state index >= 15 is 0 Å². The zero-order valence-electron chi connectivity index (χ0n) is 24.0. The Labute approximate surface area is 189 Å². The summed E-state index contributed by atoms with van der Waals surface area (Å²) in [6.07, 6.45) is -3.77. The Morgan fingerprint density at radius 2 is 1.83 bits per heavy atom. The molecule has 0 saturated heterocycles. The van der Waals surface area contributed by atoms with Gasteiger partial charge in [0.05, 0.1) is 13.6 Å². The van der Waals surface area contributed by atoms with Crippen molar-refractivity contribution in [1.29, 1.82) is 0 Å². The van der Waals surface area contributed by atoms with Crippen molar-refractivity contribution in [1.82, 2.24) is 0 Å². The topological polar surface area (TPSA) is 77.8 Å². The van der Waals surface area contributed by atoms with Crippen LogP contribution in [0.2, 0.25) is 0 Å². The van der Waals surface area contributed by atoms with Gasteiger partial charge in [0, 0.05) is 11.9 Å². The first kappa shape index (κ1) is 16.9. The molecule has 0 spiro atoms. The van der Waals surface area contributed by atoms with Gasteiger partial charge in [-0.2, -0.15) is 0 Å². The molecule has 3 N–H and O–H groups in total. The monoisotopic (exact) mass is 425 g/mol. The van der Waals surface area contributed by atoms with Crippen LogP contribution in [0.4, 0.5) is 0 Å². The fraction of sp³-hybridized carbons (Fsp3) is 0.962. The molecule has 0 bridgehead atoms. The predicted octanol–water partition coefficient (Wildman–Crippen LogP) is 5.11. The van der Waals surface area contributed by atoms with Gasteiger partial charge in [-0.1, -0.05) is 34.1 Å². The lowest BCUT2D eigenvalue weighted by Crippen LogP contribution is -2.62. The highest BCUT2D eigenvalue weighted by Gasteiger charge is 2.64. The van der Waals surface area contributed by atoms with Crippen molar-refractivity contribution in [3.05, 3.63) is 0 Å². The number of fused-ring (bicyclic) bond motifs is 5. The van der Waals surface area contributed by atoms with Crippen LogP contribution in [0.3, 0.4) is 0 Å². The van der Waals surface area contributed by atoms with Gasteiger partial charge in [0.25, 0.3) is 0 Å². The Bertz CT molecular complexity index is 850. The largest absolute Gasteiger partial charge is 0.481 e. The molecule has 4 rings (SSSR count). The van der Waals surface area contributed by atoms with E-state index in [0.717, 1.165) is 25.7 Å². The van der Waals surface area contributed by atoms with Gasteiger partial charge < -0.3 is 15.3 Å². The van der Waals surface area contributed by atoms with Gasteiger partial charge in [-0.15, -0.1) is 0 Å². The molecule has 0 aliphatic heterocycles. The Morgan fingerprint density at radius 3 is 2.50 bits per heavy atom. The fourth-order valence-electron chi connectivity index (χ4n) is 8.63. The smallest absolute Gasteiger partial charge is 0.303 e. The number of hydrogen-bond donors (Lipinski definition) is 3. The molecule has 0 radical (unpaired) electrons. The number of carbonyl (C=O) groups is 1. The van der Waals surface area contributed by atoms with Gasteiger partial charge in [-0.3, -0.25) is 4.79 Å². The van der Waals surface area contributed by atoms with Crippen LogP contribution in [0.1, 0.15) is 98.7 Å². The third kappa shape index (κ3) is 3.36. The normalized spacial score (nSPS) is 59.8. The summed E-state index contributed by atoms with van der Waals surface area (Å²) in [5, 5.41) is 31.9. The lowest BCUT2D eigenvalue weighted by atomic mass is 9.41. The molecule has 0 aromatic heterocycles. The maximum absolute atomic E-state index is 11.8. The molecule has 0 heterocycles. The minimum absolute atomic E-state index is 0.0373. The first-order chi connectivity index (χ1) is 16.0.